The molecule has 0 aliphatic carbocycles. The number of ether oxygens (including phenoxy) is 1. The van der Waals surface area contributed by atoms with E-state index in [0.29, 0.717) is 11.3 Å². The molecule has 1 unspecified atom stereocenters. The van der Waals surface area contributed by atoms with Crippen molar-refractivity contribution in [2.45, 2.75) is 12.8 Å². The van der Waals surface area contributed by atoms with E-state index in [1.54, 1.807) is 19.1 Å². The molecular formula is C33H28O2. The van der Waals surface area contributed by atoms with E-state index < -0.39 is 5.97 Å². The standard InChI is InChI=1S/C33H28O2/c1-24(2)33(34)35-31-22-18-27(19-23-31)15-14-26-16-20-30(21-17-26)32(29-12-8-5-9-13-29)25(3)28-10-6-4-7-11-28/h4-23,32H,1,3H2,2H3/b15-14-. The lowest BCUT2D eigenvalue weighted by molar-refractivity contribution is -0.130. The van der Waals surface area contributed by atoms with Gasteiger partial charge in [-0.25, -0.2) is 4.79 Å². The van der Waals surface area contributed by atoms with Crippen LogP contribution in [0, 0.1) is 0 Å². The fraction of sp³-hybridized carbons (Fsp3) is 0.0606. The Morgan fingerprint density at radius 1 is 0.686 bits per heavy atom. The number of hydrogen-bond acceptors (Lipinski definition) is 2. The van der Waals surface area contributed by atoms with Crippen LogP contribution in [0.4, 0.5) is 0 Å². The Labute approximate surface area is 207 Å². The third-order valence-electron chi connectivity index (χ3n) is 5.80. The third-order valence-corrected chi connectivity index (χ3v) is 5.80. The first-order valence-electron chi connectivity index (χ1n) is 11.6. The van der Waals surface area contributed by atoms with Gasteiger partial charge in [0.2, 0.25) is 0 Å². The monoisotopic (exact) mass is 456 g/mol. The fourth-order valence-electron chi connectivity index (χ4n) is 3.89. The molecule has 0 saturated heterocycles. The summed E-state index contributed by atoms with van der Waals surface area (Å²) in [6.45, 7) is 9.69. The zero-order chi connectivity index (χ0) is 24.6. The Morgan fingerprint density at radius 2 is 1.17 bits per heavy atom. The van der Waals surface area contributed by atoms with Gasteiger partial charge in [-0.05, 0) is 52.4 Å². The molecular weight excluding hydrogens is 428 g/mol. The van der Waals surface area contributed by atoms with Gasteiger partial charge >= 0.3 is 5.97 Å². The Balaban J connectivity index is 1.52. The lowest BCUT2D eigenvalue weighted by Crippen LogP contribution is -2.07. The van der Waals surface area contributed by atoms with Gasteiger partial charge < -0.3 is 4.74 Å². The second-order valence-corrected chi connectivity index (χ2v) is 8.47. The number of carbonyl (C=O) groups excluding carboxylic acids is 1. The van der Waals surface area contributed by atoms with Crippen LogP contribution in [0.15, 0.2) is 128 Å². The summed E-state index contributed by atoms with van der Waals surface area (Å²) in [6, 6.07) is 36.8. The molecule has 0 aliphatic heterocycles. The zero-order valence-corrected chi connectivity index (χ0v) is 19.9. The minimum Gasteiger partial charge on any atom is -0.423 e. The first kappa shape index (κ1) is 23.7. The maximum Gasteiger partial charge on any atom is 0.338 e. The molecule has 0 bridgehead atoms. The molecule has 0 aromatic heterocycles. The van der Waals surface area contributed by atoms with E-state index in [-0.39, 0.29) is 5.92 Å². The Hall–Kier alpha value is -4.43. The second-order valence-electron chi connectivity index (χ2n) is 8.47. The van der Waals surface area contributed by atoms with Crippen LogP contribution < -0.4 is 4.74 Å². The number of benzene rings is 4. The van der Waals surface area contributed by atoms with Crippen LogP contribution in [0.3, 0.4) is 0 Å². The molecule has 0 aliphatic rings. The van der Waals surface area contributed by atoms with E-state index in [1.165, 1.54) is 11.1 Å². The lowest BCUT2D eigenvalue weighted by Gasteiger charge is -2.21. The lowest BCUT2D eigenvalue weighted by atomic mass is 9.82. The van der Waals surface area contributed by atoms with Crippen LogP contribution in [0.5, 0.6) is 5.75 Å². The van der Waals surface area contributed by atoms with Crippen molar-refractivity contribution in [1.29, 1.82) is 0 Å². The summed E-state index contributed by atoms with van der Waals surface area (Å²) in [5.41, 5.74) is 7.13. The molecule has 2 nitrogen and oxygen atoms in total. The molecule has 2 heteroatoms. The quantitative estimate of drug-likeness (QED) is 0.116. The normalized spacial score (nSPS) is 11.7. The van der Waals surface area contributed by atoms with Gasteiger partial charge in [0.05, 0.1) is 0 Å². The van der Waals surface area contributed by atoms with Crippen molar-refractivity contribution in [3.63, 3.8) is 0 Å². The average Bonchev–Trinajstić information content (AvgIpc) is 2.90. The molecule has 0 saturated carbocycles. The number of allylic oxidation sites excluding steroid dienone is 1. The van der Waals surface area contributed by atoms with Crippen LogP contribution >= 0.6 is 0 Å². The summed E-state index contributed by atoms with van der Waals surface area (Å²) in [5, 5.41) is 0. The molecule has 0 fully saturated rings. The minimum atomic E-state index is -0.419. The van der Waals surface area contributed by atoms with Crippen molar-refractivity contribution in [3.8, 4) is 5.75 Å². The maximum atomic E-state index is 11.7. The number of hydrogen-bond donors (Lipinski definition) is 0. The Bertz CT molecular complexity index is 1330. The van der Waals surface area contributed by atoms with Crippen molar-refractivity contribution in [3.05, 3.63) is 156 Å². The molecule has 1 atom stereocenters. The summed E-state index contributed by atoms with van der Waals surface area (Å²) >= 11 is 0. The molecule has 4 rings (SSSR count). The molecule has 35 heavy (non-hydrogen) atoms. The fourth-order valence-corrected chi connectivity index (χ4v) is 3.89. The van der Waals surface area contributed by atoms with E-state index in [2.05, 4.69) is 79.9 Å². The predicted octanol–water partition coefficient (Wildman–Crippen LogP) is 8.18. The van der Waals surface area contributed by atoms with Crippen LogP contribution in [-0.4, -0.2) is 5.97 Å². The molecule has 0 N–H and O–H groups in total. The maximum absolute atomic E-state index is 11.7. The minimum absolute atomic E-state index is 0.0751. The van der Waals surface area contributed by atoms with Gasteiger partial charge in [0, 0.05) is 11.5 Å². The first-order valence-corrected chi connectivity index (χ1v) is 11.6. The van der Waals surface area contributed by atoms with Gasteiger partial charge in [-0.15, -0.1) is 0 Å². The van der Waals surface area contributed by atoms with Gasteiger partial charge in [0.1, 0.15) is 5.75 Å². The topological polar surface area (TPSA) is 26.3 Å². The highest BCUT2D eigenvalue weighted by Crippen LogP contribution is 2.36. The summed E-state index contributed by atoms with van der Waals surface area (Å²) in [7, 11) is 0. The summed E-state index contributed by atoms with van der Waals surface area (Å²) < 4.78 is 5.25. The van der Waals surface area contributed by atoms with Crippen molar-refractivity contribution in [1.82, 2.24) is 0 Å². The van der Waals surface area contributed by atoms with Gasteiger partial charge in [0.15, 0.2) is 0 Å². The highest BCUT2D eigenvalue weighted by molar-refractivity contribution is 5.88. The van der Waals surface area contributed by atoms with E-state index in [0.717, 1.165) is 22.3 Å². The number of carbonyl (C=O) groups is 1. The van der Waals surface area contributed by atoms with Crippen LogP contribution in [0.25, 0.3) is 17.7 Å². The highest BCUT2D eigenvalue weighted by atomic mass is 16.5. The number of esters is 1. The number of rotatable bonds is 8. The van der Waals surface area contributed by atoms with Gasteiger partial charge in [-0.1, -0.05) is 122 Å². The smallest absolute Gasteiger partial charge is 0.338 e. The Morgan fingerprint density at radius 3 is 1.71 bits per heavy atom. The van der Waals surface area contributed by atoms with Crippen molar-refractivity contribution in [2.24, 2.45) is 0 Å². The molecule has 4 aromatic carbocycles. The van der Waals surface area contributed by atoms with Crippen molar-refractivity contribution >= 4 is 23.7 Å². The van der Waals surface area contributed by atoms with E-state index in [1.807, 2.05) is 42.5 Å². The third kappa shape index (κ3) is 6.13. The largest absolute Gasteiger partial charge is 0.423 e. The molecule has 0 radical (unpaired) electrons. The van der Waals surface area contributed by atoms with E-state index in [4.69, 9.17) is 4.74 Å². The van der Waals surface area contributed by atoms with Crippen molar-refractivity contribution in [2.75, 3.05) is 0 Å². The summed E-state index contributed by atoms with van der Waals surface area (Å²) in [6.07, 6.45) is 4.11. The average molecular weight is 457 g/mol. The van der Waals surface area contributed by atoms with Crippen molar-refractivity contribution < 1.29 is 9.53 Å². The van der Waals surface area contributed by atoms with Crippen LogP contribution in [0.1, 0.15) is 40.7 Å². The SMILES string of the molecule is C=C(C)C(=O)Oc1ccc(/C=C\c2ccc(C(C(=C)c3ccccc3)c3ccccc3)cc2)cc1. The predicted molar refractivity (Wildman–Crippen MR) is 146 cm³/mol. The van der Waals surface area contributed by atoms with Crippen LogP contribution in [-0.2, 0) is 4.79 Å². The van der Waals surface area contributed by atoms with Gasteiger partial charge in [0.25, 0.3) is 0 Å². The van der Waals surface area contributed by atoms with Gasteiger partial charge in [-0.2, -0.15) is 0 Å². The molecule has 4 aromatic rings. The zero-order valence-electron chi connectivity index (χ0n) is 19.9. The van der Waals surface area contributed by atoms with Crippen LogP contribution in [0.2, 0.25) is 0 Å². The van der Waals surface area contributed by atoms with E-state index in [9.17, 15) is 4.79 Å². The molecule has 0 spiro atoms. The highest BCUT2D eigenvalue weighted by Gasteiger charge is 2.18. The first-order chi connectivity index (χ1) is 17.0. The Kier molecular flexibility index (Phi) is 7.54. The summed E-state index contributed by atoms with van der Waals surface area (Å²) in [5.74, 6) is 0.160. The molecule has 0 heterocycles. The van der Waals surface area contributed by atoms with E-state index >= 15 is 0 Å². The molecule has 172 valence electrons. The molecule has 0 amide bonds. The second kappa shape index (κ2) is 11.1. The van der Waals surface area contributed by atoms with Gasteiger partial charge in [-0.3, -0.25) is 0 Å². The summed E-state index contributed by atoms with van der Waals surface area (Å²) in [4.78, 5) is 11.7.